The molecule has 0 aromatic carbocycles. The highest BCUT2D eigenvalue weighted by molar-refractivity contribution is 7.80. The fourth-order valence-corrected chi connectivity index (χ4v) is 3.07. The second-order valence-corrected chi connectivity index (χ2v) is 6.69. The van der Waals surface area contributed by atoms with Crippen molar-refractivity contribution in [3.63, 3.8) is 0 Å². The van der Waals surface area contributed by atoms with Crippen LogP contribution in [0.25, 0.3) is 11.0 Å². The minimum atomic E-state index is 0.312. The Bertz CT molecular complexity index is 866. The molecule has 3 rings (SSSR count). The van der Waals surface area contributed by atoms with Crippen molar-refractivity contribution in [2.75, 3.05) is 6.54 Å². The van der Waals surface area contributed by atoms with E-state index in [0.717, 1.165) is 49.0 Å². The Morgan fingerprint density at radius 1 is 1.08 bits per heavy atom. The maximum atomic E-state index is 5.78. The second-order valence-electron chi connectivity index (χ2n) is 5.95. The van der Waals surface area contributed by atoms with Crippen LogP contribution in [0.3, 0.4) is 0 Å². The van der Waals surface area contributed by atoms with E-state index in [9.17, 15) is 0 Å². The number of nitrogens with one attached hydrogen (secondary N) is 3. The highest BCUT2D eigenvalue weighted by Gasteiger charge is 2.03. The van der Waals surface area contributed by atoms with Gasteiger partial charge in [-0.25, -0.2) is 15.0 Å². The summed E-state index contributed by atoms with van der Waals surface area (Å²) in [5, 5.41) is 8.61. The average Bonchev–Trinajstić information content (AvgIpc) is 3.12. The maximum absolute atomic E-state index is 5.78. The van der Waals surface area contributed by atoms with Crippen molar-refractivity contribution in [3.8, 4) is 0 Å². The van der Waals surface area contributed by atoms with Gasteiger partial charge in [0.1, 0.15) is 5.65 Å². The molecule has 3 heterocycles. The minimum absolute atomic E-state index is 0.312. The normalized spacial score (nSPS) is 10.8. The highest BCUT2D eigenvalue weighted by Crippen LogP contribution is 2.14. The van der Waals surface area contributed by atoms with E-state index in [1.165, 1.54) is 5.56 Å². The predicted octanol–water partition coefficient (Wildman–Crippen LogP) is 3.38. The minimum Gasteiger partial charge on any atom is -0.363 e. The fourth-order valence-electron chi connectivity index (χ4n) is 2.73. The molecule has 0 fully saturated rings. The van der Waals surface area contributed by atoms with Crippen LogP contribution < -0.4 is 10.6 Å². The van der Waals surface area contributed by atoms with Crippen molar-refractivity contribution in [2.24, 2.45) is 0 Å². The van der Waals surface area contributed by atoms with Crippen molar-refractivity contribution in [3.05, 3.63) is 53.3 Å². The van der Waals surface area contributed by atoms with Crippen LogP contribution in [0.1, 0.15) is 30.5 Å². The van der Waals surface area contributed by atoms with Gasteiger partial charge in [0.05, 0.1) is 0 Å². The van der Waals surface area contributed by atoms with Crippen LogP contribution in [0.15, 0.2) is 36.8 Å². The molecule has 26 heavy (non-hydrogen) atoms. The van der Waals surface area contributed by atoms with Gasteiger partial charge in [0, 0.05) is 42.8 Å². The molecule has 0 aliphatic heterocycles. The summed E-state index contributed by atoms with van der Waals surface area (Å²) in [6, 6.07) is 5.94. The lowest BCUT2D eigenvalue weighted by Gasteiger charge is -2.11. The molecule has 0 aliphatic carbocycles. The number of hydrogen-bond donors (Lipinski definition) is 3. The molecule has 6 nitrogen and oxygen atoms in total. The van der Waals surface area contributed by atoms with Gasteiger partial charge in [0.2, 0.25) is 5.28 Å². The van der Waals surface area contributed by atoms with Crippen LogP contribution in [0.5, 0.6) is 0 Å². The zero-order valence-corrected chi connectivity index (χ0v) is 15.9. The van der Waals surface area contributed by atoms with Crippen molar-refractivity contribution in [1.29, 1.82) is 0 Å². The van der Waals surface area contributed by atoms with Gasteiger partial charge >= 0.3 is 0 Å². The Labute approximate surface area is 162 Å². The summed E-state index contributed by atoms with van der Waals surface area (Å²) in [5.41, 5.74) is 3.06. The highest BCUT2D eigenvalue weighted by atomic mass is 35.5. The van der Waals surface area contributed by atoms with E-state index in [1.54, 1.807) is 12.4 Å². The number of nitrogens with zero attached hydrogens (tertiary/aromatic N) is 3. The summed E-state index contributed by atoms with van der Waals surface area (Å²) in [6.45, 7) is 1.53. The zero-order chi connectivity index (χ0) is 18.2. The van der Waals surface area contributed by atoms with Crippen molar-refractivity contribution >= 4 is 40.0 Å². The molecule has 3 aromatic heterocycles. The Morgan fingerprint density at radius 3 is 2.85 bits per heavy atom. The van der Waals surface area contributed by atoms with Gasteiger partial charge in [-0.1, -0.05) is 6.42 Å². The third kappa shape index (κ3) is 5.37. The third-order valence-corrected chi connectivity index (χ3v) is 4.54. The number of rotatable bonds is 8. The van der Waals surface area contributed by atoms with Crippen molar-refractivity contribution in [1.82, 2.24) is 30.6 Å². The van der Waals surface area contributed by atoms with E-state index in [0.29, 0.717) is 16.9 Å². The summed E-state index contributed by atoms with van der Waals surface area (Å²) in [7, 11) is 0. The first-order valence-electron chi connectivity index (χ1n) is 8.62. The topological polar surface area (TPSA) is 78.5 Å². The van der Waals surface area contributed by atoms with Gasteiger partial charge in [-0.3, -0.25) is 0 Å². The molecule has 0 saturated carbocycles. The maximum Gasteiger partial charge on any atom is 0.222 e. The predicted molar refractivity (Wildman–Crippen MR) is 108 cm³/mol. The summed E-state index contributed by atoms with van der Waals surface area (Å²) in [4.78, 5) is 15.5. The molecule has 0 unspecified atom stereocenters. The van der Waals surface area contributed by atoms with Crippen LogP contribution in [-0.4, -0.2) is 31.6 Å². The van der Waals surface area contributed by atoms with E-state index < -0.39 is 0 Å². The molecule has 0 saturated heterocycles. The first kappa shape index (κ1) is 18.5. The first-order valence-corrected chi connectivity index (χ1v) is 9.41. The SMILES string of the molecule is S=C(NCCCCCc1ccnc(Cl)n1)NCc1ccnc2[nH]ccc12. The number of thiocarbonyl (C=S) groups is 1. The van der Waals surface area contributed by atoms with Crippen LogP contribution in [0, 0.1) is 0 Å². The van der Waals surface area contributed by atoms with Crippen molar-refractivity contribution < 1.29 is 0 Å². The van der Waals surface area contributed by atoms with Crippen LogP contribution in [0.2, 0.25) is 5.28 Å². The molecule has 0 atom stereocenters. The summed E-state index contributed by atoms with van der Waals surface area (Å²) >= 11 is 11.1. The number of fused-ring (bicyclic) bond motifs is 1. The molecule has 0 radical (unpaired) electrons. The molecule has 8 heteroatoms. The number of hydrogen-bond acceptors (Lipinski definition) is 4. The first-order chi connectivity index (χ1) is 12.7. The van der Waals surface area contributed by atoms with E-state index in [-0.39, 0.29) is 0 Å². The van der Waals surface area contributed by atoms with E-state index in [2.05, 4.69) is 30.6 Å². The van der Waals surface area contributed by atoms with Gasteiger partial charge in [-0.2, -0.15) is 0 Å². The van der Waals surface area contributed by atoms with Gasteiger partial charge in [0.15, 0.2) is 5.11 Å². The van der Waals surface area contributed by atoms with Crippen LogP contribution >= 0.6 is 23.8 Å². The van der Waals surface area contributed by atoms with Gasteiger partial charge in [-0.05, 0) is 66.8 Å². The third-order valence-electron chi connectivity index (χ3n) is 4.07. The Balaban J connectivity index is 1.30. The van der Waals surface area contributed by atoms with Crippen molar-refractivity contribution in [2.45, 2.75) is 32.2 Å². The Kier molecular flexibility index (Phi) is 6.74. The summed E-state index contributed by atoms with van der Waals surface area (Å²) < 4.78 is 0. The molecule has 3 N–H and O–H groups in total. The lowest BCUT2D eigenvalue weighted by Crippen LogP contribution is -2.35. The number of pyridine rings is 1. The molecule has 0 bridgehead atoms. The lowest BCUT2D eigenvalue weighted by atomic mass is 10.1. The number of halogens is 1. The number of aromatic nitrogens is 4. The number of aromatic amines is 1. The molecule has 0 aliphatic rings. The van der Waals surface area contributed by atoms with E-state index in [4.69, 9.17) is 23.8 Å². The van der Waals surface area contributed by atoms with Gasteiger partial charge < -0.3 is 15.6 Å². The number of H-pyrrole nitrogens is 1. The van der Waals surface area contributed by atoms with E-state index >= 15 is 0 Å². The van der Waals surface area contributed by atoms with Crippen LogP contribution in [0.4, 0.5) is 0 Å². The lowest BCUT2D eigenvalue weighted by molar-refractivity contribution is 0.653. The smallest absolute Gasteiger partial charge is 0.222 e. The molecular formula is C18H21ClN6S. The quantitative estimate of drug-likeness (QED) is 0.312. The van der Waals surface area contributed by atoms with E-state index in [1.807, 2.05) is 24.4 Å². The summed E-state index contributed by atoms with van der Waals surface area (Å²) in [5.74, 6) is 0. The zero-order valence-electron chi connectivity index (χ0n) is 14.3. The monoisotopic (exact) mass is 388 g/mol. The number of unbranched alkanes of at least 4 members (excludes halogenated alkanes) is 2. The summed E-state index contributed by atoms with van der Waals surface area (Å²) in [6.07, 6.45) is 9.53. The molecule has 0 amide bonds. The Hall–Kier alpha value is -2.25. The van der Waals surface area contributed by atoms with Crippen LogP contribution in [-0.2, 0) is 13.0 Å². The molecular weight excluding hydrogens is 368 g/mol. The van der Waals surface area contributed by atoms with Gasteiger partial charge in [0.25, 0.3) is 0 Å². The van der Waals surface area contributed by atoms with Gasteiger partial charge in [-0.15, -0.1) is 0 Å². The number of aryl methyl sites for hydroxylation is 1. The standard InChI is InChI=1S/C18H21ClN6S/c19-17-22-10-6-14(25-17)4-2-1-3-8-23-18(26)24-12-13-5-9-20-16-15(13)7-11-21-16/h5-7,9-11H,1-4,8,12H2,(H,20,21)(H2,23,24,26). The fraction of sp³-hybridized carbons (Fsp3) is 0.333. The molecule has 136 valence electrons. The molecule has 0 spiro atoms. The molecule has 3 aromatic rings. The largest absolute Gasteiger partial charge is 0.363 e. The average molecular weight is 389 g/mol. The second kappa shape index (κ2) is 9.45. The Morgan fingerprint density at radius 2 is 1.96 bits per heavy atom.